The SMILES string of the molecule is CN(Cc1c(Cl)cccc1Cl)c1ccccc1C#N. The molecule has 2 aromatic rings. The van der Waals surface area contributed by atoms with E-state index in [4.69, 9.17) is 28.5 Å². The van der Waals surface area contributed by atoms with Crippen LogP contribution in [0.5, 0.6) is 0 Å². The Morgan fingerprint density at radius 3 is 2.32 bits per heavy atom. The van der Waals surface area contributed by atoms with Gasteiger partial charge < -0.3 is 4.90 Å². The summed E-state index contributed by atoms with van der Waals surface area (Å²) in [6, 6.07) is 15.1. The first-order chi connectivity index (χ1) is 9.13. The highest BCUT2D eigenvalue weighted by Crippen LogP contribution is 2.28. The van der Waals surface area contributed by atoms with E-state index in [1.165, 1.54) is 0 Å². The molecular formula is C15H12Cl2N2. The third-order valence-electron chi connectivity index (χ3n) is 2.89. The number of benzene rings is 2. The molecule has 2 rings (SSSR count). The van der Waals surface area contributed by atoms with Gasteiger partial charge >= 0.3 is 0 Å². The molecule has 0 spiro atoms. The predicted octanol–water partition coefficient (Wildman–Crippen LogP) is 4.50. The van der Waals surface area contributed by atoms with E-state index in [2.05, 4.69) is 6.07 Å². The summed E-state index contributed by atoms with van der Waals surface area (Å²) in [5.41, 5.74) is 2.36. The molecule has 4 heteroatoms. The average Bonchev–Trinajstić information content (AvgIpc) is 2.42. The van der Waals surface area contributed by atoms with Crippen LogP contribution in [0.2, 0.25) is 10.0 Å². The van der Waals surface area contributed by atoms with Gasteiger partial charge in [0.25, 0.3) is 0 Å². The summed E-state index contributed by atoms with van der Waals surface area (Å²) in [6.07, 6.45) is 0. The Hall–Kier alpha value is -1.69. The Morgan fingerprint density at radius 2 is 1.68 bits per heavy atom. The van der Waals surface area contributed by atoms with Gasteiger partial charge in [0.05, 0.1) is 11.3 Å². The van der Waals surface area contributed by atoms with Crippen LogP contribution >= 0.6 is 23.2 Å². The topological polar surface area (TPSA) is 27.0 Å². The van der Waals surface area contributed by atoms with Crippen LogP contribution in [-0.4, -0.2) is 7.05 Å². The minimum Gasteiger partial charge on any atom is -0.369 e. The highest BCUT2D eigenvalue weighted by atomic mass is 35.5. The van der Waals surface area contributed by atoms with Crippen molar-refractivity contribution in [3.05, 3.63) is 63.6 Å². The number of nitriles is 1. The Kier molecular flexibility index (Phi) is 4.31. The second kappa shape index (κ2) is 5.97. The minimum absolute atomic E-state index is 0.553. The van der Waals surface area contributed by atoms with Gasteiger partial charge in [-0.3, -0.25) is 0 Å². The van der Waals surface area contributed by atoms with E-state index < -0.39 is 0 Å². The molecule has 0 fully saturated rings. The average molecular weight is 291 g/mol. The van der Waals surface area contributed by atoms with Crippen LogP contribution in [0.4, 0.5) is 5.69 Å². The lowest BCUT2D eigenvalue weighted by Gasteiger charge is -2.21. The van der Waals surface area contributed by atoms with Crippen molar-refractivity contribution in [3.63, 3.8) is 0 Å². The van der Waals surface area contributed by atoms with Crippen LogP contribution in [0.3, 0.4) is 0 Å². The van der Waals surface area contributed by atoms with Crippen molar-refractivity contribution in [2.45, 2.75) is 6.54 Å². The maximum absolute atomic E-state index is 9.11. The van der Waals surface area contributed by atoms with Gasteiger partial charge in [0.1, 0.15) is 6.07 Å². The summed E-state index contributed by atoms with van der Waals surface area (Å²) in [5, 5.41) is 10.4. The van der Waals surface area contributed by atoms with Crippen molar-refractivity contribution in [2.75, 3.05) is 11.9 Å². The second-order valence-electron chi connectivity index (χ2n) is 4.19. The molecule has 0 aliphatic carbocycles. The van der Waals surface area contributed by atoms with E-state index in [9.17, 15) is 0 Å². The lowest BCUT2D eigenvalue weighted by atomic mass is 10.1. The van der Waals surface area contributed by atoms with E-state index in [0.717, 1.165) is 11.3 Å². The van der Waals surface area contributed by atoms with Gasteiger partial charge in [0.2, 0.25) is 0 Å². The molecule has 0 radical (unpaired) electrons. The minimum atomic E-state index is 0.553. The lowest BCUT2D eigenvalue weighted by Crippen LogP contribution is -2.18. The molecule has 96 valence electrons. The molecule has 0 saturated carbocycles. The number of hydrogen-bond acceptors (Lipinski definition) is 2. The van der Waals surface area contributed by atoms with Gasteiger partial charge in [-0.2, -0.15) is 5.26 Å². The summed E-state index contributed by atoms with van der Waals surface area (Å²) in [6.45, 7) is 0.553. The van der Waals surface area contributed by atoms with Crippen molar-refractivity contribution in [1.29, 1.82) is 5.26 Å². The van der Waals surface area contributed by atoms with Crippen LogP contribution in [0.25, 0.3) is 0 Å². The van der Waals surface area contributed by atoms with E-state index in [1.54, 1.807) is 6.07 Å². The second-order valence-corrected chi connectivity index (χ2v) is 5.00. The van der Waals surface area contributed by atoms with E-state index in [-0.39, 0.29) is 0 Å². The normalized spacial score (nSPS) is 10.0. The van der Waals surface area contributed by atoms with Crippen molar-refractivity contribution in [2.24, 2.45) is 0 Å². The summed E-state index contributed by atoms with van der Waals surface area (Å²) in [5.74, 6) is 0. The first-order valence-corrected chi connectivity index (χ1v) is 6.52. The largest absolute Gasteiger partial charge is 0.369 e. The molecule has 0 saturated heterocycles. The zero-order valence-electron chi connectivity index (χ0n) is 10.4. The highest BCUT2D eigenvalue weighted by molar-refractivity contribution is 6.36. The third-order valence-corrected chi connectivity index (χ3v) is 3.60. The fourth-order valence-corrected chi connectivity index (χ4v) is 2.42. The van der Waals surface area contributed by atoms with Crippen molar-refractivity contribution >= 4 is 28.9 Å². The van der Waals surface area contributed by atoms with Crippen LogP contribution in [0.1, 0.15) is 11.1 Å². The van der Waals surface area contributed by atoms with Gasteiger partial charge in [-0.1, -0.05) is 41.4 Å². The number of hydrogen-bond donors (Lipinski definition) is 0. The predicted molar refractivity (Wildman–Crippen MR) is 79.7 cm³/mol. The Balaban J connectivity index is 2.32. The molecule has 0 aromatic heterocycles. The number of rotatable bonds is 3. The fraction of sp³-hybridized carbons (Fsp3) is 0.133. The Labute approximate surface area is 122 Å². The fourth-order valence-electron chi connectivity index (χ4n) is 1.91. The van der Waals surface area contributed by atoms with E-state index in [0.29, 0.717) is 22.2 Å². The zero-order valence-corrected chi connectivity index (χ0v) is 11.9. The zero-order chi connectivity index (χ0) is 13.8. The van der Waals surface area contributed by atoms with Gasteiger partial charge in [0, 0.05) is 29.2 Å². The van der Waals surface area contributed by atoms with E-state index >= 15 is 0 Å². The van der Waals surface area contributed by atoms with Crippen LogP contribution in [0.15, 0.2) is 42.5 Å². The van der Waals surface area contributed by atoms with E-state index in [1.807, 2.05) is 48.3 Å². The smallest absolute Gasteiger partial charge is 0.101 e. The molecule has 0 unspecified atom stereocenters. The highest BCUT2D eigenvalue weighted by Gasteiger charge is 2.11. The molecule has 0 aliphatic heterocycles. The van der Waals surface area contributed by atoms with Crippen LogP contribution < -0.4 is 4.90 Å². The number of nitrogens with zero attached hydrogens (tertiary/aromatic N) is 2. The molecule has 2 nitrogen and oxygen atoms in total. The molecule has 0 amide bonds. The molecule has 2 aromatic carbocycles. The monoisotopic (exact) mass is 290 g/mol. The van der Waals surface area contributed by atoms with Crippen molar-refractivity contribution in [3.8, 4) is 6.07 Å². The molecule has 0 bridgehead atoms. The Morgan fingerprint density at radius 1 is 1.05 bits per heavy atom. The Bertz CT molecular complexity index is 612. The van der Waals surface area contributed by atoms with Gasteiger partial charge in [0.15, 0.2) is 0 Å². The number of halogens is 2. The molecule has 0 N–H and O–H groups in total. The van der Waals surface area contributed by atoms with Gasteiger partial charge in [-0.25, -0.2) is 0 Å². The summed E-state index contributed by atoms with van der Waals surface area (Å²) in [4.78, 5) is 1.96. The number of anilines is 1. The lowest BCUT2D eigenvalue weighted by molar-refractivity contribution is 0.921. The summed E-state index contributed by atoms with van der Waals surface area (Å²) >= 11 is 12.3. The summed E-state index contributed by atoms with van der Waals surface area (Å²) < 4.78 is 0. The molecule has 19 heavy (non-hydrogen) atoms. The number of para-hydroxylation sites is 1. The van der Waals surface area contributed by atoms with Crippen LogP contribution in [-0.2, 0) is 6.54 Å². The van der Waals surface area contributed by atoms with Crippen molar-refractivity contribution < 1.29 is 0 Å². The molecule has 0 heterocycles. The van der Waals surface area contributed by atoms with Gasteiger partial charge in [-0.05, 0) is 24.3 Å². The molecule has 0 aliphatic rings. The maximum atomic E-state index is 9.11. The first-order valence-electron chi connectivity index (χ1n) is 5.76. The first kappa shape index (κ1) is 13.7. The molecule has 0 atom stereocenters. The van der Waals surface area contributed by atoms with Crippen LogP contribution in [0, 0.1) is 11.3 Å². The maximum Gasteiger partial charge on any atom is 0.101 e. The van der Waals surface area contributed by atoms with Crippen molar-refractivity contribution in [1.82, 2.24) is 0 Å². The molecular weight excluding hydrogens is 279 g/mol. The third kappa shape index (κ3) is 3.01. The van der Waals surface area contributed by atoms with Gasteiger partial charge in [-0.15, -0.1) is 0 Å². The summed E-state index contributed by atoms with van der Waals surface area (Å²) in [7, 11) is 1.91. The quantitative estimate of drug-likeness (QED) is 0.832. The standard InChI is InChI=1S/C15H12Cl2N2/c1-19(15-8-3-2-5-11(15)9-18)10-12-13(16)6-4-7-14(12)17/h2-8H,10H2,1H3.